The van der Waals surface area contributed by atoms with Gasteiger partial charge in [0.1, 0.15) is 4.83 Å². The molecule has 1 aliphatic rings. The largest absolute Gasteiger partial charge is 0.342 e. The van der Waals surface area contributed by atoms with Gasteiger partial charge in [0.15, 0.2) is 5.16 Å². The van der Waals surface area contributed by atoms with Crippen molar-refractivity contribution in [3.05, 3.63) is 46.1 Å². The van der Waals surface area contributed by atoms with E-state index in [1.165, 1.54) is 35.9 Å². The van der Waals surface area contributed by atoms with Crippen LogP contribution in [0.4, 0.5) is 0 Å². The van der Waals surface area contributed by atoms with E-state index in [9.17, 15) is 9.59 Å². The number of fused-ring (bicyclic) bond motifs is 1. The first-order valence-corrected chi connectivity index (χ1v) is 11.1. The standard InChI is InChI=1S/C20H21N3O2S2/c24-16(23-10-6-1-2-7-11-23)13-27-20-21-18(25)17-15(12-26-19(17)22-20)14-8-4-3-5-9-14/h3-5,8-9,12H,1-2,6-7,10-11,13H2,(H,21,22,25). The second-order valence-corrected chi connectivity index (χ2v) is 8.47. The minimum atomic E-state index is -0.148. The smallest absolute Gasteiger partial charge is 0.260 e. The van der Waals surface area contributed by atoms with Crippen molar-refractivity contribution in [2.24, 2.45) is 0 Å². The predicted octanol–water partition coefficient (Wildman–Crippen LogP) is 4.15. The molecule has 1 N–H and O–H groups in total. The van der Waals surface area contributed by atoms with Crippen LogP contribution in [0.3, 0.4) is 0 Å². The number of rotatable bonds is 4. The molecule has 0 spiro atoms. The number of hydrogen-bond donors (Lipinski definition) is 1. The Bertz CT molecular complexity index is 989. The molecule has 4 rings (SSSR count). The lowest BCUT2D eigenvalue weighted by molar-refractivity contribution is -0.128. The summed E-state index contributed by atoms with van der Waals surface area (Å²) in [6, 6.07) is 9.85. The van der Waals surface area contributed by atoms with E-state index in [4.69, 9.17) is 0 Å². The lowest BCUT2D eigenvalue weighted by Crippen LogP contribution is -2.33. The molecule has 0 bridgehead atoms. The van der Waals surface area contributed by atoms with Gasteiger partial charge in [-0.3, -0.25) is 9.59 Å². The lowest BCUT2D eigenvalue weighted by Gasteiger charge is -2.19. The van der Waals surface area contributed by atoms with Gasteiger partial charge in [-0.15, -0.1) is 11.3 Å². The van der Waals surface area contributed by atoms with Gasteiger partial charge < -0.3 is 9.88 Å². The summed E-state index contributed by atoms with van der Waals surface area (Å²) < 4.78 is 0. The van der Waals surface area contributed by atoms with E-state index in [2.05, 4.69) is 9.97 Å². The average Bonchev–Trinajstić information content (AvgIpc) is 2.93. The number of amides is 1. The third kappa shape index (κ3) is 4.09. The molecule has 1 amide bonds. The SMILES string of the molecule is O=C(CSc1nc2scc(-c3ccccc3)c2c(=O)[nH]1)N1CCCCCC1. The summed E-state index contributed by atoms with van der Waals surface area (Å²) in [5, 5.41) is 3.10. The number of thiophene rings is 1. The topological polar surface area (TPSA) is 66.1 Å². The number of hydrogen-bond acceptors (Lipinski definition) is 5. The van der Waals surface area contributed by atoms with Crippen LogP contribution in [0.25, 0.3) is 21.3 Å². The van der Waals surface area contributed by atoms with Crippen LogP contribution < -0.4 is 5.56 Å². The first-order valence-electron chi connectivity index (χ1n) is 9.20. The zero-order chi connectivity index (χ0) is 18.6. The Morgan fingerprint density at radius 2 is 1.89 bits per heavy atom. The number of thioether (sulfide) groups is 1. The number of nitrogens with zero attached hydrogens (tertiary/aromatic N) is 2. The molecule has 0 saturated carbocycles. The Morgan fingerprint density at radius 3 is 2.63 bits per heavy atom. The molecule has 0 radical (unpaired) electrons. The molecule has 27 heavy (non-hydrogen) atoms. The van der Waals surface area contributed by atoms with Crippen LogP contribution in [0.2, 0.25) is 0 Å². The summed E-state index contributed by atoms with van der Waals surface area (Å²) >= 11 is 2.77. The molecule has 0 unspecified atom stereocenters. The Kier molecular flexibility index (Phi) is 5.59. The molecule has 0 atom stereocenters. The van der Waals surface area contributed by atoms with E-state index in [1.807, 2.05) is 40.6 Å². The van der Waals surface area contributed by atoms with Gasteiger partial charge in [0.05, 0.1) is 11.1 Å². The van der Waals surface area contributed by atoms with Crippen molar-refractivity contribution in [2.75, 3.05) is 18.8 Å². The fourth-order valence-electron chi connectivity index (χ4n) is 3.37. The van der Waals surface area contributed by atoms with E-state index in [0.717, 1.165) is 37.1 Å². The van der Waals surface area contributed by atoms with Gasteiger partial charge in [-0.05, 0) is 18.4 Å². The maximum Gasteiger partial charge on any atom is 0.260 e. The normalized spacial score (nSPS) is 15.0. The van der Waals surface area contributed by atoms with Gasteiger partial charge in [0.25, 0.3) is 5.56 Å². The lowest BCUT2D eigenvalue weighted by atomic mass is 10.1. The van der Waals surface area contributed by atoms with Gasteiger partial charge in [-0.25, -0.2) is 4.98 Å². The van der Waals surface area contributed by atoms with Gasteiger partial charge in [-0.2, -0.15) is 0 Å². The molecular weight excluding hydrogens is 378 g/mol. The maximum absolute atomic E-state index is 12.6. The molecule has 1 saturated heterocycles. The highest BCUT2D eigenvalue weighted by molar-refractivity contribution is 7.99. The molecule has 3 heterocycles. The highest BCUT2D eigenvalue weighted by Gasteiger charge is 2.17. The van der Waals surface area contributed by atoms with Crippen LogP contribution in [-0.2, 0) is 4.79 Å². The summed E-state index contributed by atoms with van der Waals surface area (Å²) in [5.41, 5.74) is 1.76. The minimum absolute atomic E-state index is 0.126. The molecule has 140 valence electrons. The monoisotopic (exact) mass is 399 g/mol. The molecule has 0 aliphatic carbocycles. The van der Waals surface area contributed by atoms with Gasteiger partial charge in [0, 0.05) is 24.0 Å². The third-order valence-corrected chi connectivity index (χ3v) is 6.53. The van der Waals surface area contributed by atoms with Crippen LogP contribution in [0, 0.1) is 0 Å². The maximum atomic E-state index is 12.6. The van der Waals surface area contributed by atoms with Crippen molar-refractivity contribution in [2.45, 2.75) is 30.8 Å². The first kappa shape index (κ1) is 18.3. The molecule has 1 fully saturated rings. The third-order valence-electron chi connectivity index (χ3n) is 4.80. The van der Waals surface area contributed by atoms with Crippen LogP contribution in [0.5, 0.6) is 0 Å². The Labute approximate surface area is 165 Å². The summed E-state index contributed by atoms with van der Waals surface area (Å²) in [5.74, 6) is 0.437. The first-order chi connectivity index (χ1) is 13.2. The number of likely N-dealkylation sites (tertiary alicyclic amines) is 1. The summed E-state index contributed by atoms with van der Waals surface area (Å²) in [7, 11) is 0. The predicted molar refractivity (Wildman–Crippen MR) is 111 cm³/mol. The van der Waals surface area contributed by atoms with Crippen LogP contribution >= 0.6 is 23.1 Å². The number of aromatic nitrogens is 2. The number of benzene rings is 1. The molecule has 2 aromatic heterocycles. The van der Waals surface area contributed by atoms with Gasteiger partial charge in [-0.1, -0.05) is 54.9 Å². The molecular formula is C20H21N3O2S2. The van der Waals surface area contributed by atoms with E-state index in [-0.39, 0.29) is 11.5 Å². The molecule has 1 aliphatic heterocycles. The van der Waals surface area contributed by atoms with E-state index in [0.29, 0.717) is 21.1 Å². The van der Waals surface area contributed by atoms with Gasteiger partial charge >= 0.3 is 0 Å². The van der Waals surface area contributed by atoms with Crippen LogP contribution in [0.1, 0.15) is 25.7 Å². The second-order valence-electron chi connectivity index (χ2n) is 6.65. The van der Waals surface area contributed by atoms with Crippen LogP contribution in [0.15, 0.2) is 45.7 Å². The number of nitrogens with one attached hydrogen (secondary N) is 1. The van der Waals surface area contributed by atoms with Crippen molar-refractivity contribution < 1.29 is 4.79 Å². The van der Waals surface area contributed by atoms with Crippen LogP contribution in [-0.4, -0.2) is 39.6 Å². The molecule has 5 nitrogen and oxygen atoms in total. The molecule has 7 heteroatoms. The molecule has 1 aromatic carbocycles. The second kappa shape index (κ2) is 8.27. The fraction of sp³-hybridized carbons (Fsp3) is 0.350. The van der Waals surface area contributed by atoms with Crippen molar-refractivity contribution in [3.63, 3.8) is 0 Å². The van der Waals surface area contributed by atoms with E-state index < -0.39 is 0 Å². The number of carbonyl (C=O) groups excluding carboxylic acids is 1. The summed E-state index contributed by atoms with van der Waals surface area (Å²) in [4.78, 5) is 35.2. The number of aromatic amines is 1. The highest BCUT2D eigenvalue weighted by atomic mass is 32.2. The van der Waals surface area contributed by atoms with Gasteiger partial charge in [0.2, 0.25) is 5.91 Å². The van der Waals surface area contributed by atoms with E-state index >= 15 is 0 Å². The zero-order valence-corrected chi connectivity index (χ0v) is 16.6. The Hall–Kier alpha value is -2.12. The van der Waals surface area contributed by atoms with Crippen molar-refractivity contribution in [1.29, 1.82) is 0 Å². The molecule has 3 aromatic rings. The highest BCUT2D eigenvalue weighted by Crippen LogP contribution is 2.31. The van der Waals surface area contributed by atoms with Crippen molar-refractivity contribution >= 4 is 39.2 Å². The fourth-order valence-corrected chi connectivity index (χ4v) is 5.14. The van der Waals surface area contributed by atoms with Crippen molar-refractivity contribution in [3.8, 4) is 11.1 Å². The summed E-state index contributed by atoms with van der Waals surface area (Å²) in [6.07, 6.45) is 4.55. The number of carbonyl (C=O) groups is 1. The minimum Gasteiger partial charge on any atom is -0.342 e. The Balaban J connectivity index is 1.52. The van der Waals surface area contributed by atoms with E-state index in [1.54, 1.807) is 0 Å². The number of H-pyrrole nitrogens is 1. The summed E-state index contributed by atoms with van der Waals surface area (Å²) in [6.45, 7) is 1.68. The average molecular weight is 400 g/mol. The van der Waals surface area contributed by atoms with Crippen molar-refractivity contribution in [1.82, 2.24) is 14.9 Å². The Morgan fingerprint density at radius 1 is 1.15 bits per heavy atom. The quantitative estimate of drug-likeness (QED) is 0.529. The zero-order valence-electron chi connectivity index (χ0n) is 14.9.